The van der Waals surface area contributed by atoms with Gasteiger partial charge in [-0.15, -0.1) is 0 Å². The SMILES string of the molecule is CNC(CNc1c(C)cc(C)cc1OC)C(=O)O. The lowest BCUT2D eigenvalue weighted by atomic mass is 10.1. The molecule has 0 spiro atoms. The smallest absolute Gasteiger partial charge is 0.322 e. The van der Waals surface area contributed by atoms with Gasteiger partial charge in [0, 0.05) is 6.54 Å². The fourth-order valence-corrected chi connectivity index (χ4v) is 1.83. The number of aliphatic carboxylic acids is 1. The zero-order valence-electron chi connectivity index (χ0n) is 11.2. The normalized spacial score (nSPS) is 12.0. The number of benzene rings is 1. The van der Waals surface area contributed by atoms with Crippen LogP contribution in [0.2, 0.25) is 0 Å². The Morgan fingerprint density at radius 2 is 2.11 bits per heavy atom. The quantitative estimate of drug-likeness (QED) is 0.714. The van der Waals surface area contributed by atoms with Gasteiger partial charge in [-0.2, -0.15) is 0 Å². The van der Waals surface area contributed by atoms with E-state index in [1.165, 1.54) is 0 Å². The predicted octanol–water partition coefficient (Wildman–Crippen LogP) is 1.40. The van der Waals surface area contributed by atoms with E-state index in [0.29, 0.717) is 6.54 Å². The monoisotopic (exact) mass is 252 g/mol. The molecule has 18 heavy (non-hydrogen) atoms. The summed E-state index contributed by atoms with van der Waals surface area (Å²) in [6, 6.07) is 3.32. The van der Waals surface area contributed by atoms with Crippen molar-refractivity contribution in [2.75, 3.05) is 26.0 Å². The van der Waals surface area contributed by atoms with Crippen LogP contribution >= 0.6 is 0 Å². The highest BCUT2D eigenvalue weighted by Gasteiger charge is 2.16. The Morgan fingerprint density at radius 1 is 1.44 bits per heavy atom. The predicted molar refractivity (Wildman–Crippen MR) is 71.4 cm³/mol. The maximum atomic E-state index is 10.9. The van der Waals surface area contributed by atoms with Gasteiger partial charge in [0.2, 0.25) is 0 Å². The minimum Gasteiger partial charge on any atom is -0.495 e. The molecular formula is C13H20N2O3. The minimum atomic E-state index is -0.881. The number of hydrogen-bond donors (Lipinski definition) is 3. The number of hydrogen-bond acceptors (Lipinski definition) is 4. The van der Waals surface area contributed by atoms with Gasteiger partial charge in [-0.3, -0.25) is 4.79 Å². The molecule has 0 radical (unpaired) electrons. The van der Waals surface area contributed by atoms with E-state index in [9.17, 15) is 4.79 Å². The molecule has 1 aromatic rings. The second kappa shape index (κ2) is 6.26. The molecule has 0 saturated heterocycles. The Hall–Kier alpha value is -1.75. The van der Waals surface area contributed by atoms with Crippen molar-refractivity contribution in [2.24, 2.45) is 0 Å². The molecule has 1 aromatic carbocycles. The highest BCUT2D eigenvalue weighted by Crippen LogP contribution is 2.29. The van der Waals surface area contributed by atoms with Gasteiger partial charge in [0.1, 0.15) is 11.8 Å². The topological polar surface area (TPSA) is 70.6 Å². The molecule has 0 aliphatic heterocycles. The molecule has 0 bridgehead atoms. The number of aryl methyl sites for hydroxylation is 2. The molecule has 0 amide bonds. The third-order valence-corrected chi connectivity index (χ3v) is 2.79. The maximum absolute atomic E-state index is 10.9. The fraction of sp³-hybridized carbons (Fsp3) is 0.462. The van der Waals surface area contributed by atoms with Crippen LogP contribution in [0.1, 0.15) is 11.1 Å². The number of carboxylic acids is 1. The summed E-state index contributed by atoms with van der Waals surface area (Å²) < 4.78 is 5.30. The lowest BCUT2D eigenvalue weighted by Gasteiger charge is -2.18. The van der Waals surface area contributed by atoms with Gasteiger partial charge in [0.25, 0.3) is 0 Å². The van der Waals surface area contributed by atoms with Crippen LogP contribution in [0.15, 0.2) is 12.1 Å². The molecule has 0 fully saturated rings. The zero-order valence-corrected chi connectivity index (χ0v) is 11.2. The number of ether oxygens (including phenoxy) is 1. The van der Waals surface area contributed by atoms with Gasteiger partial charge in [-0.05, 0) is 38.1 Å². The summed E-state index contributed by atoms with van der Waals surface area (Å²) in [6.45, 7) is 4.26. The van der Waals surface area contributed by atoms with E-state index in [2.05, 4.69) is 10.6 Å². The van der Waals surface area contributed by atoms with Crippen LogP contribution in [0.25, 0.3) is 0 Å². The van der Waals surface area contributed by atoms with Crippen LogP contribution in [-0.4, -0.2) is 37.8 Å². The average Bonchev–Trinajstić information content (AvgIpc) is 2.31. The molecule has 1 unspecified atom stereocenters. The molecule has 0 aromatic heterocycles. The number of carboxylic acid groups (broad SMARTS) is 1. The van der Waals surface area contributed by atoms with Crippen LogP contribution in [0.3, 0.4) is 0 Å². The van der Waals surface area contributed by atoms with E-state index < -0.39 is 12.0 Å². The number of likely N-dealkylation sites (N-methyl/N-ethyl adjacent to an activating group) is 1. The molecule has 3 N–H and O–H groups in total. The van der Waals surface area contributed by atoms with Crippen molar-refractivity contribution in [3.63, 3.8) is 0 Å². The summed E-state index contributed by atoms with van der Waals surface area (Å²) >= 11 is 0. The lowest BCUT2D eigenvalue weighted by molar-refractivity contribution is -0.138. The molecule has 0 saturated carbocycles. The van der Waals surface area contributed by atoms with E-state index in [1.54, 1.807) is 14.2 Å². The van der Waals surface area contributed by atoms with Crippen LogP contribution in [0.4, 0.5) is 5.69 Å². The summed E-state index contributed by atoms with van der Waals surface area (Å²) in [4.78, 5) is 10.9. The second-order valence-electron chi connectivity index (χ2n) is 4.22. The first-order valence-electron chi connectivity index (χ1n) is 5.78. The van der Waals surface area contributed by atoms with Gasteiger partial charge >= 0.3 is 5.97 Å². The van der Waals surface area contributed by atoms with E-state index in [4.69, 9.17) is 9.84 Å². The number of methoxy groups -OCH3 is 1. The van der Waals surface area contributed by atoms with Crippen LogP contribution in [0, 0.1) is 13.8 Å². The zero-order chi connectivity index (χ0) is 13.7. The molecule has 0 aliphatic carbocycles. The molecule has 1 rings (SSSR count). The van der Waals surface area contributed by atoms with Crippen LogP contribution in [-0.2, 0) is 4.79 Å². The standard InChI is InChI=1S/C13H20N2O3/c1-8-5-9(2)12(11(6-8)18-4)15-7-10(14-3)13(16)17/h5-6,10,14-15H,7H2,1-4H3,(H,16,17). The van der Waals surface area contributed by atoms with E-state index >= 15 is 0 Å². The van der Waals surface area contributed by atoms with Gasteiger partial charge in [0.05, 0.1) is 12.8 Å². The van der Waals surface area contributed by atoms with Crippen LogP contribution in [0.5, 0.6) is 5.75 Å². The van der Waals surface area contributed by atoms with Gasteiger partial charge in [-0.1, -0.05) is 6.07 Å². The third kappa shape index (κ3) is 3.37. The first-order valence-corrected chi connectivity index (χ1v) is 5.78. The molecule has 0 heterocycles. The van der Waals surface area contributed by atoms with E-state index in [-0.39, 0.29) is 0 Å². The Kier molecular flexibility index (Phi) is 4.97. The summed E-state index contributed by atoms with van der Waals surface area (Å²) in [5.41, 5.74) is 2.98. The minimum absolute atomic E-state index is 0.298. The third-order valence-electron chi connectivity index (χ3n) is 2.79. The Morgan fingerprint density at radius 3 is 2.61 bits per heavy atom. The van der Waals surface area contributed by atoms with Crippen LogP contribution < -0.4 is 15.4 Å². The summed E-state index contributed by atoms with van der Waals surface area (Å²) in [6.07, 6.45) is 0. The fourth-order valence-electron chi connectivity index (χ4n) is 1.83. The van der Waals surface area contributed by atoms with Crippen molar-refractivity contribution >= 4 is 11.7 Å². The van der Waals surface area contributed by atoms with E-state index in [0.717, 1.165) is 22.6 Å². The van der Waals surface area contributed by atoms with Crippen molar-refractivity contribution < 1.29 is 14.6 Å². The molecule has 5 nitrogen and oxygen atoms in total. The van der Waals surface area contributed by atoms with Crippen molar-refractivity contribution in [3.8, 4) is 5.75 Å². The Bertz CT molecular complexity index is 432. The first-order chi connectivity index (χ1) is 8.49. The summed E-state index contributed by atoms with van der Waals surface area (Å²) in [5, 5.41) is 14.8. The maximum Gasteiger partial charge on any atom is 0.322 e. The van der Waals surface area contributed by atoms with E-state index in [1.807, 2.05) is 26.0 Å². The number of nitrogens with one attached hydrogen (secondary N) is 2. The summed E-state index contributed by atoms with van der Waals surface area (Å²) in [5.74, 6) is -0.151. The average molecular weight is 252 g/mol. The first kappa shape index (κ1) is 14.3. The van der Waals surface area contributed by atoms with Crippen molar-refractivity contribution in [3.05, 3.63) is 23.3 Å². The lowest BCUT2D eigenvalue weighted by Crippen LogP contribution is -2.39. The molecule has 5 heteroatoms. The van der Waals surface area contributed by atoms with Gasteiger partial charge < -0.3 is 20.5 Å². The molecular weight excluding hydrogens is 232 g/mol. The van der Waals surface area contributed by atoms with Crippen molar-refractivity contribution in [1.29, 1.82) is 0 Å². The Labute approximate surface area is 107 Å². The van der Waals surface area contributed by atoms with Gasteiger partial charge in [-0.25, -0.2) is 0 Å². The van der Waals surface area contributed by atoms with Crippen molar-refractivity contribution in [2.45, 2.75) is 19.9 Å². The molecule has 0 aliphatic rings. The van der Waals surface area contributed by atoms with Gasteiger partial charge in [0.15, 0.2) is 0 Å². The molecule has 1 atom stereocenters. The number of rotatable bonds is 6. The summed E-state index contributed by atoms with van der Waals surface area (Å²) in [7, 11) is 3.23. The highest BCUT2D eigenvalue weighted by atomic mass is 16.5. The Balaban J connectivity index is 2.87. The second-order valence-corrected chi connectivity index (χ2v) is 4.22. The van der Waals surface area contributed by atoms with Crippen molar-refractivity contribution in [1.82, 2.24) is 5.32 Å². The highest BCUT2D eigenvalue weighted by molar-refractivity contribution is 5.75. The largest absolute Gasteiger partial charge is 0.495 e. The number of anilines is 1. The molecule has 100 valence electrons. The number of carbonyl (C=O) groups is 1.